The van der Waals surface area contributed by atoms with Crippen molar-refractivity contribution in [2.24, 2.45) is 0 Å². The molecule has 0 saturated carbocycles. The molecule has 2 N–H and O–H groups in total. The molecule has 0 spiro atoms. The molecule has 0 saturated heterocycles. The van der Waals surface area contributed by atoms with E-state index in [9.17, 15) is 8.42 Å². The zero-order valence-corrected chi connectivity index (χ0v) is 14.8. The highest BCUT2D eigenvalue weighted by atomic mass is 35.5. The van der Waals surface area contributed by atoms with Gasteiger partial charge in [0.2, 0.25) is 10.0 Å². The van der Waals surface area contributed by atoms with Crippen LogP contribution in [0.2, 0.25) is 10.0 Å². The molecule has 0 aliphatic rings. The van der Waals surface area contributed by atoms with Gasteiger partial charge in [0.1, 0.15) is 0 Å². The van der Waals surface area contributed by atoms with Gasteiger partial charge >= 0.3 is 0 Å². The standard InChI is InChI=1S/C14H22Cl2N2O2S/c1-4-7-17-9-10(2)21(19,20)18-11(3)13-6-5-12(15)8-14(13)16/h5-6,8,10-11,17-18H,4,7,9H2,1-3H3. The highest BCUT2D eigenvalue weighted by molar-refractivity contribution is 7.90. The first-order chi connectivity index (χ1) is 9.77. The van der Waals surface area contributed by atoms with Crippen molar-refractivity contribution in [1.82, 2.24) is 10.0 Å². The Morgan fingerprint density at radius 2 is 1.90 bits per heavy atom. The molecule has 0 bridgehead atoms. The van der Waals surface area contributed by atoms with E-state index in [4.69, 9.17) is 23.2 Å². The molecule has 0 aliphatic carbocycles. The van der Waals surface area contributed by atoms with Crippen molar-refractivity contribution in [3.05, 3.63) is 33.8 Å². The Morgan fingerprint density at radius 3 is 2.48 bits per heavy atom. The van der Waals surface area contributed by atoms with Gasteiger partial charge in [-0.2, -0.15) is 0 Å². The average molecular weight is 353 g/mol. The van der Waals surface area contributed by atoms with Crippen molar-refractivity contribution in [2.75, 3.05) is 13.1 Å². The van der Waals surface area contributed by atoms with Gasteiger partial charge in [-0.15, -0.1) is 0 Å². The maximum absolute atomic E-state index is 12.3. The number of halogens is 2. The Bertz CT molecular complexity index is 564. The second-order valence-electron chi connectivity index (χ2n) is 5.07. The van der Waals surface area contributed by atoms with Crippen LogP contribution in [-0.4, -0.2) is 26.8 Å². The Kier molecular flexibility index (Phi) is 7.44. The molecule has 7 heteroatoms. The van der Waals surface area contributed by atoms with Gasteiger partial charge in [0, 0.05) is 22.6 Å². The first-order valence-corrected chi connectivity index (χ1v) is 9.25. The minimum absolute atomic E-state index is 0.409. The van der Waals surface area contributed by atoms with Gasteiger partial charge in [-0.1, -0.05) is 36.2 Å². The molecule has 120 valence electrons. The summed E-state index contributed by atoms with van der Waals surface area (Å²) in [7, 11) is -3.42. The molecule has 4 nitrogen and oxygen atoms in total. The normalized spacial score (nSPS) is 14.9. The van der Waals surface area contributed by atoms with Crippen LogP contribution >= 0.6 is 23.2 Å². The van der Waals surface area contributed by atoms with Gasteiger partial charge in [0.05, 0.1) is 5.25 Å². The van der Waals surface area contributed by atoms with Crippen molar-refractivity contribution < 1.29 is 8.42 Å². The largest absolute Gasteiger partial charge is 0.315 e. The maximum Gasteiger partial charge on any atom is 0.216 e. The van der Waals surface area contributed by atoms with E-state index in [0.717, 1.165) is 13.0 Å². The molecule has 21 heavy (non-hydrogen) atoms. The van der Waals surface area contributed by atoms with Gasteiger partial charge in [0.25, 0.3) is 0 Å². The summed E-state index contributed by atoms with van der Waals surface area (Å²) < 4.78 is 27.2. The summed E-state index contributed by atoms with van der Waals surface area (Å²) in [5.41, 5.74) is 0.707. The molecule has 1 rings (SSSR count). The third-order valence-electron chi connectivity index (χ3n) is 3.16. The van der Waals surface area contributed by atoms with E-state index in [-0.39, 0.29) is 0 Å². The number of hydrogen-bond acceptors (Lipinski definition) is 3. The Labute approximate surface area is 137 Å². The second kappa shape index (κ2) is 8.34. The van der Waals surface area contributed by atoms with Gasteiger partial charge in [-0.25, -0.2) is 13.1 Å². The minimum Gasteiger partial charge on any atom is -0.315 e. The summed E-state index contributed by atoms with van der Waals surface area (Å²) in [5.74, 6) is 0. The van der Waals surface area contributed by atoms with Crippen molar-refractivity contribution >= 4 is 33.2 Å². The van der Waals surface area contributed by atoms with Crippen molar-refractivity contribution in [3.63, 3.8) is 0 Å². The molecule has 2 atom stereocenters. The first-order valence-electron chi connectivity index (χ1n) is 6.94. The van der Waals surface area contributed by atoms with Crippen LogP contribution in [0.1, 0.15) is 38.8 Å². The summed E-state index contributed by atoms with van der Waals surface area (Å²) in [6, 6.07) is 4.63. The van der Waals surface area contributed by atoms with E-state index >= 15 is 0 Å². The van der Waals surface area contributed by atoms with E-state index in [1.165, 1.54) is 0 Å². The number of nitrogens with one attached hydrogen (secondary N) is 2. The molecule has 0 aliphatic heterocycles. The van der Waals surface area contributed by atoms with Crippen LogP contribution in [0.3, 0.4) is 0 Å². The van der Waals surface area contributed by atoms with E-state index in [2.05, 4.69) is 10.0 Å². The van der Waals surface area contributed by atoms with E-state index < -0.39 is 21.3 Å². The SMILES string of the molecule is CCCNCC(C)S(=O)(=O)NC(C)c1ccc(Cl)cc1Cl. The molecule has 0 heterocycles. The Morgan fingerprint density at radius 1 is 1.24 bits per heavy atom. The molecule has 1 aromatic carbocycles. The fourth-order valence-corrected chi connectivity index (χ4v) is 3.63. The van der Waals surface area contributed by atoms with Gasteiger partial charge in [-0.3, -0.25) is 0 Å². The summed E-state index contributed by atoms with van der Waals surface area (Å²) in [6.07, 6.45) is 0.969. The van der Waals surface area contributed by atoms with Crippen LogP contribution in [0.4, 0.5) is 0 Å². The van der Waals surface area contributed by atoms with E-state index in [0.29, 0.717) is 22.2 Å². The zero-order valence-electron chi connectivity index (χ0n) is 12.5. The monoisotopic (exact) mass is 352 g/mol. The van der Waals surface area contributed by atoms with Gasteiger partial charge in [-0.05, 0) is 44.5 Å². The second-order valence-corrected chi connectivity index (χ2v) is 8.04. The van der Waals surface area contributed by atoms with Crippen LogP contribution < -0.4 is 10.0 Å². The topological polar surface area (TPSA) is 58.2 Å². The summed E-state index contributed by atoms with van der Waals surface area (Å²) in [6.45, 7) is 6.71. The van der Waals surface area contributed by atoms with Crippen molar-refractivity contribution in [3.8, 4) is 0 Å². The van der Waals surface area contributed by atoms with Crippen molar-refractivity contribution in [1.29, 1.82) is 0 Å². The van der Waals surface area contributed by atoms with Crippen LogP contribution in [0.5, 0.6) is 0 Å². The number of rotatable bonds is 8. The third-order valence-corrected chi connectivity index (χ3v) is 5.63. The first kappa shape index (κ1) is 18.7. The van der Waals surface area contributed by atoms with Crippen LogP contribution in [-0.2, 0) is 10.0 Å². The van der Waals surface area contributed by atoms with Crippen LogP contribution in [0, 0.1) is 0 Å². The van der Waals surface area contributed by atoms with Crippen molar-refractivity contribution in [2.45, 2.75) is 38.5 Å². The van der Waals surface area contributed by atoms with Crippen LogP contribution in [0.15, 0.2) is 18.2 Å². The quantitative estimate of drug-likeness (QED) is 0.705. The Hall–Kier alpha value is -0.330. The molecule has 0 radical (unpaired) electrons. The lowest BCUT2D eigenvalue weighted by molar-refractivity contribution is 0.544. The highest BCUT2D eigenvalue weighted by Gasteiger charge is 2.23. The molecule has 1 aromatic rings. The molecular formula is C14H22Cl2N2O2S. The smallest absolute Gasteiger partial charge is 0.216 e. The third kappa shape index (κ3) is 5.75. The fraction of sp³-hybridized carbons (Fsp3) is 0.571. The molecule has 0 amide bonds. The lowest BCUT2D eigenvalue weighted by Crippen LogP contribution is -2.40. The van der Waals surface area contributed by atoms with E-state index in [1.807, 2.05) is 6.92 Å². The highest BCUT2D eigenvalue weighted by Crippen LogP contribution is 2.26. The summed E-state index contributed by atoms with van der Waals surface area (Å²) >= 11 is 11.9. The summed E-state index contributed by atoms with van der Waals surface area (Å²) in [4.78, 5) is 0. The number of sulfonamides is 1. The molecule has 0 fully saturated rings. The molecular weight excluding hydrogens is 331 g/mol. The number of hydrogen-bond donors (Lipinski definition) is 2. The lowest BCUT2D eigenvalue weighted by Gasteiger charge is -2.20. The zero-order chi connectivity index (χ0) is 16.0. The molecule has 0 aromatic heterocycles. The average Bonchev–Trinajstić information content (AvgIpc) is 2.37. The Balaban J connectivity index is 2.73. The maximum atomic E-state index is 12.3. The number of benzene rings is 1. The predicted octanol–water partition coefficient (Wildman–Crippen LogP) is 3.36. The molecule has 2 unspecified atom stereocenters. The minimum atomic E-state index is -3.42. The lowest BCUT2D eigenvalue weighted by atomic mass is 10.1. The van der Waals surface area contributed by atoms with E-state index in [1.54, 1.807) is 32.0 Å². The fourth-order valence-electron chi connectivity index (χ4n) is 1.87. The van der Waals surface area contributed by atoms with Gasteiger partial charge < -0.3 is 5.32 Å². The van der Waals surface area contributed by atoms with Crippen LogP contribution in [0.25, 0.3) is 0 Å². The predicted molar refractivity (Wildman–Crippen MR) is 89.6 cm³/mol. The summed E-state index contributed by atoms with van der Waals surface area (Å²) in [5, 5.41) is 3.57. The van der Waals surface area contributed by atoms with Gasteiger partial charge in [0.15, 0.2) is 0 Å².